The third-order valence-electron chi connectivity index (χ3n) is 4.40. The summed E-state index contributed by atoms with van der Waals surface area (Å²) in [4.78, 5) is 12.1. The molecule has 0 radical (unpaired) electrons. The molecule has 27 heavy (non-hydrogen) atoms. The highest BCUT2D eigenvalue weighted by Crippen LogP contribution is 2.38. The predicted octanol–water partition coefficient (Wildman–Crippen LogP) is 4.84. The first-order valence-corrected chi connectivity index (χ1v) is 8.57. The number of para-hydroxylation sites is 1. The van der Waals surface area contributed by atoms with Gasteiger partial charge in [-0.05, 0) is 37.1 Å². The van der Waals surface area contributed by atoms with E-state index in [9.17, 15) is 9.90 Å². The SMILES string of the molecule is C=CCn1c(O)c(N=NC(=O)COc2cccc(C)c2C)c2ccccc21. The van der Waals surface area contributed by atoms with Crippen LogP contribution in [0.15, 0.2) is 65.3 Å². The Morgan fingerprint density at radius 2 is 2.00 bits per heavy atom. The van der Waals surface area contributed by atoms with Gasteiger partial charge in [-0.25, -0.2) is 0 Å². The number of carbonyl (C=O) groups excluding carboxylic acids is 1. The molecule has 0 saturated heterocycles. The normalized spacial score (nSPS) is 11.2. The molecule has 2 aromatic carbocycles. The van der Waals surface area contributed by atoms with Gasteiger partial charge in [-0.1, -0.05) is 36.4 Å². The Balaban J connectivity index is 1.79. The second kappa shape index (κ2) is 7.86. The van der Waals surface area contributed by atoms with Crippen LogP contribution in [0.4, 0.5) is 5.69 Å². The molecule has 0 atom stereocenters. The Kier molecular flexibility index (Phi) is 5.35. The lowest BCUT2D eigenvalue weighted by molar-refractivity contribution is -0.120. The van der Waals surface area contributed by atoms with Crippen LogP contribution in [0.5, 0.6) is 11.6 Å². The number of aryl methyl sites for hydroxylation is 1. The number of azo groups is 1. The molecule has 0 aliphatic rings. The summed E-state index contributed by atoms with van der Waals surface area (Å²) in [5, 5.41) is 18.8. The van der Waals surface area contributed by atoms with Crippen molar-refractivity contribution in [2.24, 2.45) is 10.2 Å². The number of ether oxygens (including phenoxy) is 1. The van der Waals surface area contributed by atoms with Gasteiger partial charge < -0.3 is 14.4 Å². The monoisotopic (exact) mass is 363 g/mol. The average molecular weight is 363 g/mol. The summed E-state index contributed by atoms with van der Waals surface area (Å²) in [6.45, 7) is 7.81. The standard InChI is InChI=1S/C21H21N3O3/c1-4-12-24-17-10-6-5-9-16(17)20(21(24)26)23-22-19(25)13-27-18-11-7-8-14(2)15(18)3/h4-11,26H,1,12-13H2,2-3H3. The van der Waals surface area contributed by atoms with Gasteiger partial charge in [-0.15, -0.1) is 16.8 Å². The average Bonchev–Trinajstić information content (AvgIpc) is 2.93. The molecule has 0 fully saturated rings. The maximum absolute atomic E-state index is 12.1. The summed E-state index contributed by atoms with van der Waals surface area (Å²) in [6.07, 6.45) is 1.68. The van der Waals surface area contributed by atoms with Crippen molar-refractivity contribution >= 4 is 22.5 Å². The quantitative estimate of drug-likeness (QED) is 0.503. The molecule has 1 N–H and O–H groups in total. The van der Waals surface area contributed by atoms with Gasteiger partial charge in [0.1, 0.15) is 5.75 Å². The molecule has 0 aliphatic carbocycles. The molecule has 6 nitrogen and oxygen atoms in total. The fraction of sp³-hybridized carbons (Fsp3) is 0.190. The molecular formula is C21H21N3O3. The van der Waals surface area contributed by atoms with Crippen LogP contribution in [0.25, 0.3) is 10.9 Å². The van der Waals surface area contributed by atoms with Crippen molar-refractivity contribution in [2.75, 3.05) is 6.61 Å². The Labute approximate surface area is 157 Å². The van der Waals surface area contributed by atoms with E-state index in [1.165, 1.54) is 0 Å². The fourth-order valence-corrected chi connectivity index (χ4v) is 2.84. The van der Waals surface area contributed by atoms with Crippen LogP contribution >= 0.6 is 0 Å². The van der Waals surface area contributed by atoms with Gasteiger partial charge in [-0.3, -0.25) is 4.79 Å². The van der Waals surface area contributed by atoms with Crippen LogP contribution in [0.3, 0.4) is 0 Å². The van der Waals surface area contributed by atoms with Crippen LogP contribution in [0.2, 0.25) is 0 Å². The maximum Gasteiger partial charge on any atom is 0.302 e. The van der Waals surface area contributed by atoms with Gasteiger partial charge in [0.2, 0.25) is 5.88 Å². The topological polar surface area (TPSA) is 76.2 Å². The second-order valence-electron chi connectivity index (χ2n) is 6.17. The zero-order valence-electron chi connectivity index (χ0n) is 15.3. The van der Waals surface area contributed by atoms with E-state index in [2.05, 4.69) is 16.8 Å². The Hall–Kier alpha value is -3.41. The van der Waals surface area contributed by atoms with E-state index in [1.807, 2.05) is 56.3 Å². The first-order valence-electron chi connectivity index (χ1n) is 8.57. The van der Waals surface area contributed by atoms with Gasteiger partial charge in [0.15, 0.2) is 12.3 Å². The van der Waals surface area contributed by atoms with Crippen molar-refractivity contribution in [1.29, 1.82) is 0 Å². The zero-order valence-corrected chi connectivity index (χ0v) is 15.3. The van der Waals surface area contributed by atoms with Crippen LogP contribution < -0.4 is 4.74 Å². The predicted molar refractivity (Wildman–Crippen MR) is 105 cm³/mol. The highest BCUT2D eigenvalue weighted by Gasteiger charge is 2.16. The smallest absolute Gasteiger partial charge is 0.302 e. The molecule has 0 saturated carbocycles. The van der Waals surface area contributed by atoms with Crippen LogP contribution in [-0.2, 0) is 11.3 Å². The number of nitrogens with zero attached hydrogens (tertiary/aromatic N) is 3. The molecule has 0 aliphatic heterocycles. The van der Waals surface area contributed by atoms with Crippen LogP contribution in [0.1, 0.15) is 11.1 Å². The van der Waals surface area contributed by atoms with Gasteiger partial charge in [0, 0.05) is 11.9 Å². The summed E-state index contributed by atoms with van der Waals surface area (Å²) in [7, 11) is 0. The number of allylic oxidation sites excluding steroid dienone is 1. The molecular weight excluding hydrogens is 342 g/mol. The van der Waals surface area contributed by atoms with Gasteiger partial charge >= 0.3 is 5.91 Å². The van der Waals surface area contributed by atoms with E-state index in [0.29, 0.717) is 17.7 Å². The number of aromatic hydroxyl groups is 1. The Bertz CT molecular complexity index is 1030. The van der Waals surface area contributed by atoms with Gasteiger partial charge in [0.25, 0.3) is 0 Å². The molecule has 0 unspecified atom stereocenters. The highest BCUT2D eigenvalue weighted by molar-refractivity contribution is 5.95. The van der Waals surface area contributed by atoms with Crippen molar-refractivity contribution in [3.05, 3.63) is 66.2 Å². The largest absolute Gasteiger partial charge is 0.493 e. The van der Waals surface area contributed by atoms with Crippen molar-refractivity contribution < 1.29 is 14.6 Å². The molecule has 0 spiro atoms. The molecule has 0 bridgehead atoms. The van der Waals surface area contributed by atoms with Gasteiger partial charge in [0.05, 0.1) is 5.52 Å². The Morgan fingerprint density at radius 1 is 1.22 bits per heavy atom. The summed E-state index contributed by atoms with van der Waals surface area (Å²) in [6, 6.07) is 13.0. The number of rotatable bonds is 6. The number of amides is 1. The van der Waals surface area contributed by atoms with Crippen molar-refractivity contribution in [3.63, 3.8) is 0 Å². The highest BCUT2D eigenvalue weighted by atomic mass is 16.5. The minimum absolute atomic E-state index is 0.0527. The molecule has 3 aromatic rings. The molecule has 6 heteroatoms. The number of aromatic nitrogens is 1. The van der Waals surface area contributed by atoms with Crippen molar-refractivity contribution in [3.8, 4) is 11.6 Å². The molecule has 1 heterocycles. The minimum atomic E-state index is -0.532. The lowest BCUT2D eigenvalue weighted by Crippen LogP contribution is -2.08. The summed E-state index contributed by atoms with van der Waals surface area (Å²) in [5.41, 5.74) is 3.12. The van der Waals surface area contributed by atoms with E-state index in [4.69, 9.17) is 4.74 Å². The molecule has 1 amide bonds. The summed E-state index contributed by atoms with van der Waals surface area (Å²) in [5.74, 6) is 0.0583. The van der Waals surface area contributed by atoms with Crippen LogP contribution in [0, 0.1) is 13.8 Å². The molecule has 3 rings (SSSR count). The summed E-state index contributed by atoms with van der Waals surface area (Å²) < 4.78 is 7.21. The van der Waals surface area contributed by atoms with Crippen molar-refractivity contribution in [1.82, 2.24) is 4.57 Å². The number of carbonyl (C=O) groups is 1. The lowest BCUT2D eigenvalue weighted by atomic mass is 10.1. The van der Waals surface area contributed by atoms with Gasteiger partial charge in [-0.2, -0.15) is 0 Å². The number of hydrogen-bond acceptors (Lipinski definition) is 4. The van der Waals surface area contributed by atoms with E-state index >= 15 is 0 Å². The molecule has 138 valence electrons. The Morgan fingerprint density at radius 3 is 2.78 bits per heavy atom. The zero-order chi connectivity index (χ0) is 19.4. The first-order chi connectivity index (χ1) is 13.0. The number of benzene rings is 2. The van der Waals surface area contributed by atoms with E-state index in [0.717, 1.165) is 16.6 Å². The van der Waals surface area contributed by atoms with E-state index in [-0.39, 0.29) is 18.2 Å². The maximum atomic E-state index is 12.1. The first kappa shape index (κ1) is 18.4. The number of fused-ring (bicyclic) bond motifs is 1. The number of hydrogen-bond donors (Lipinski definition) is 1. The third kappa shape index (κ3) is 3.74. The minimum Gasteiger partial charge on any atom is -0.493 e. The van der Waals surface area contributed by atoms with Crippen molar-refractivity contribution in [2.45, 2.75) is 20.4 Å². The van der Waals surface area contributed by atoms with Crippen LogP contribution in [-0.4, -0.2) is 22.2 Å². The second-order valence-corrected chi connectivity index (χ2v) is 6.17. The lowest BCUT2D eigenvalue weighted by Gasteiger charge is -2.08. The van der Waals surface area contributed by atoms with E-state index < -0.39 is 5.91 Å². The third-order valence-corrected chi connectivity index (χ3v) is 4.40. The molecule has 1 aromatic heterocycles. The summed E-state index contributed by atoms with van der Waals surface area (Å²) >= 11 is 0. The van der Waals surface area contributed by atoms with E-state index in [1.54, 1.807) is 10.6 Å². The fourth-order valence-electron chi connectivity index (χ4n) is 2.84.